The van der Waals surface area contributed by atoms with Crippen LogP contribution in [0.4, 0.5) is 10.5 Å². The highest BCUT2D eigenvalue weighted by Crippen LogP contribution is 2.30. The van der Waals surface area contributed by atoms with Crippen LogP contribution < -0.4 is 20.7 Å². The monoisotopic (exact) mass is 373 g/mol. The lowest BCUT2D eigenvalue weighted by Crippen LogP contribution is -2.66. The van der Waals surface area contributed by atoms with E-state index in [1.54, 1.807) is 24.3 Å². The summed E-state index contributed by atoms with van der Waals surface area (Å²) in [6.45, 7) is 2.20. The van der Waals surface area contributed by atoms with Crippen molar-refractivity contribution in [2.45, 2.75) is 44.7 Å². The molecular weight excluding hydrogens is 348 g/mol. The molecule has 0 unspecified atom stereocenters. The molecule has 0 radical (unpaired) electrons. The Labute approximate surface area is 157 Å². The summed E-state index contributed by atoms with van der Waals surface area (Å²) in [5.74, 6) is -2.03. The maximum Gasteiger partial charge on any atom is 0.335 e. The third-order valence-electron chi connectivity index (χ3n) is 4.90. The molecule has 1 aromatic carbocycles. The second-order valence-electron chi connectivity index (χ2n) is 6.76. The Balaban J connectivity index is 1.86. The lowest BCUT2D eigenvalue weighted by molar-refractivity contribution is -0.428. The Kier molecular flexibility index (Phi) is 5.85. The number of imide groups is 2. The van der Waals surface area contributed by atoms with Crippen molar-refractivity contribution in [2.75, 3.05) is 11.5 Å². The number of anilines is 1. The van der Waals surface area contributed by atoms with Crippen molar-refractivity contribution in [3.05, 3.63) is 24.3 Å². The second kappa shape index (κ2) is 8.30. The van der Waals surface area contributed by atoms with E-state index in [1.807, 2.05) is 6.92 Å². The zero-order valence-electron chi connectivity index (χ0n) is 15.4. The summed E-state index contributed by atoms with van der Waals surface area (Å²) in [6.07, 6.45) is 5.43. The summed E-state index contributed by atoms with van der Waals surface area (Å²) in [6, 6.07) is 6.13. The van der Waals surface area contributed by atoms with Crippen LogP contribution >= 0.6 is 0 Å². The van der Waals surface area contributed by atoms with Crippen LogP contribution in [0.1, 0.15) is 32.6 Å². The number of carbonyl (C=O) groups is 3. The van der Waals surface area contributed by atoms with Crippen LogP contribution in [-0.4, -0.2) is 42.8 Å². The fraction of sp³-hybridized carbons (Fsp3) is 0.474. The molecule has 8 heteroatoms. The van der Waals surface area contributed by atoms with Crippen molar-refractivity contribution in [2.24, 2.45) is 10.9 Å². The number of para-hydroxylation sites is 2. The summed E-state index contributed by atoms with van der Waals surface area (Å²) >= 11 is 0. The molecule has 0 bridgehead atoms. The number of hydrogen-bond acceptors (Lipinski definition) is 5. The minimum atomic E-state index is -1.15. The van der Waals surface area contributed by atoms with Crippen LogP contribution in [0.3, 0.4) is 0 Å². The molecule has 1 aliphatic carbocycles. The molecule has 1 heterocycles. The quantitative estimate of drug-likeness (QED) is 0.589. The number of amides is 4. The van der Waals surface area contributed by atoms with Crippen LogP contribution in [0.2, 0.25) is 0 Å². The zero-order valence-corrected chi connectivity index (χ0v) is 15.4. The molecular formula is C19H25N4O4+. The van der Waals surface area contributed by atoms with E-state index in [2.05, 4.69) is 16.0 Å². The van der Waals surface area contributed by atoms with Gasteiger partial charge in [-0.1, -0.05) is 18.6 Å². The van der Waals surface area contributed by atoms with Gasteiger partial charge in [-0.3, -0.25) is 19.9 Å². The number of aliphatic imine (C=N–C) groups is 1. The van der Waals surface area contributed by atoms with Crippen molar-refractivity contribution in [3.63, 3.8) is 0 Å². The highest BCUT2D eigenvalue weighted by molar-refractivity contribution is 6.32. The van der Waals surface area contributed by atoms with Gasteiger partial charge < -0.3 is 10.5 Å². The van der Waals surface area contributed by atoms with Gasteiger partial charge in [-0.2, -0.15) is 0 Å². The maximum absolute atomic E-state index is 12.9. The Morgan fingerprint density at radius 1 is 1.26 bits per heavy atom. The molecule has 4 N–H and O–H groups in total. The summed E-state index contributed by atoms with van der Waals surface area (Å²) in [5, 5.41) is 2.24. The largest absolute Gasteiger partial charge is 0.492 e. The van der Waals surface area contributed by atoms with Gasteiger partial charge in [0.2, 0.25) is 5.91 Å². The van der Waals surface area contributed by atoms with Gasteiger partial charge in [0, 0.05) is 12.6 Å². The Morgan fingerprint density at radius 3 is 2.74 bits per heavy atom. The average molecular weight is 373 g/mol. The van der Waals surface area contributed by atoms with Crippen molar-refractivity contribution in [1.29, 1.82) is 0 Å². The van der Waals surface area contributed by atoms with Crippen molar-refractivity contribution < 1.29 is 24.9 Å². The van der Waals surface area contributed by atoms with Crippen molar-refractivity contribution in [3.8, 4) is 5.75 Å². The number of ether oxygens (including phenoxy) is 1. The van der Waals surface area contributed by atoms with Crippen LogP contribution in [0, 0.1) is 5.92 Å². The number of hydrogen-bond donors (Lipinski definition) is 2. The van der Waals surface area contributed by atoms with E-state index in [0.29, 0.717) is 18.0 Å². The predicted octanol–water partition coefficient (Wildman–Crippen LogP) is 0.908. The van der Waals surface area contributed by atoms with Crippen LogP contribution in [0.5, 0.6) is 5.75 Å². The molecule has 1 aromatic rings. The first kappa shape index (κ1) is 19.0. The number of barbiturate groups is 1. The van der Waals surface area contributed by atoms with E-state index in [4.69, 9.17) is 4.74 Å². The van der Waals surface area contributed by atoms with E-state index in [-0.39, 0.29) is 12.1 Å². The molecule has 2 aliphatic rings. The molecule has 1 saturated heterocycles. The summed E-state index contributed by atoms with van der Waals surface area (Å²) < 4.78 is 5.52. The Morgan fingerprint density at radius 2 is 2.00 bits per heavy atom. The number of urea groups is 1. The Hall–Kier alpha value is -2.74. The van der Waals surface area contributed by atoms with E-state index in [9.17, 15) is 14.4 Å². The van der Waals surface area contributed by atoms with Gasteiger partial charge in [0.25, 0.3) is 5.91 Å². The summed E-state index contributed by atoms with van der Waals surface area (Å²) in [4.78, 5) is 42.9. The molecule has 1 saturated carbocycles. The average Bonchev–Trinajstić information content (AvgIpc) is 2.64. The minimum absolute atomic E-state index is 0.00105. The fourth-order valence-electron chi connectivity index (χ4n) is 3.45. The Bertz CT molecular complexity index is 764. The number of nitrogens with zero attached hydrogens (tertiary/aromatic N) is 2. The molecule has 0 aromatic heterocycles. The third-order valence-corrected chi connectivity index (χ3v) is 4.90. The summed E-state index contributed by atoms with van der Waals surface area (Å²) in [5.41, 5.74) is 4.41. The number of benzene rings is 1. The lowest BCUT2D eigenvalue weighted by Gasteiger charge is -2.30. The fourth-order valence-corrected chi connectivity index (χ4v) is 3.45. The standard InChI is InChI=1S/C19H24N4O4/c1-2-27-16-10-6-5-9-15(16)23-18(25)12(17(24)22-19(23)26)11-21-14-8-4-3-7-13(14)20/h5-6,9-14H,2-4,7-8,20H2,1H3,(H,22,24,26)/p+1/t12-,13+,14+/m0/s1. The first-order chi connectivity index (χ1) is 13.0. The molecule has 3 atom stereocenters. The SMILES string of the molecule is CCOc1ccccc1N1C(=O)NC(=O)[C@H](C=N[C@@H]2CCCC[C@H]2[NH3+])C1=O. The maximum atomic E-state index is 12.9. The van der Waals surface area contributed by atoms with E-state index in [1.165, 1.54) is 6.21 Å². The van der Waals surface area contributed by atoms with Gasteiger partial charge in [0.15, 0.2) is 5.92 Å². The predicted molar refractivity (Wildman–Crippen MR) is 99.5 cm³/mol. The molecule has 3 rings (SSSR count). The number of carbonyl (C=O) groups excluding carboxylic acids is 3. The minimum Gasteiger partial charge on any atom is -0.492 e. The molecule has 0 spiro atoms. The number of quaternary nitrogens is 1. The first-order valence-electron chi connectivity index (χ1n) is 9.30. The van der Waals surface area contributed by atoms with Crippen LogP contribution in [0.25, 0.3) is 0 Å². The molecule has 144 valence electrons. The topological polar surface area (TPSA) is 116 Å². The van der Waals surface area contributed by atoms with Gasteiger partial charge in [-0.05, 0) is 31.9 Å². The molecule has 27 heavy (non-hydrogen) atoms. The van der Waals surface area contributed by atoms with Gasteiger partial charge >= 0.3 is 6.03 Å². The van der Waals surface area contributed by atoms with E-state index >= 15 is 0 Å². The normalized spacial score (nSPS) is 26.4. The number of rotatable bonds is 5. The van der Waals surface area contributed by atoms with Gasteiger partial charge in [-0.25, -0.2) is 9.69 Å². The van der Waals surface area contributed by atoms with Gasteiger partial charge in [0.1, 0.15) is 17.8 Å². The zero-order chi connectivity index (χ0) is 19.4. The molecule has 4 amide bonds. The lowest BCUT2D eigenvalue weighted by atomic mass is 9.91. The summed E-state index contributed by atoms with van der Waals surface area (Å²) in [7, 11) is 0. The van der Waals surface area contributed by atoms with Gasteiger partial charge in [0.05, 0.1) is 12.3 Å². The van der Waals surface area contributed by atoms with Gasteiger partial charge in [-0.15, -0.1) is 0 Å². The number of nitrogens with one attached hydrogen (secondary N) is 1. The molecule has 2 fully saturated rings. The van der Waals surface area contributed by atoms with E-state index < -0.39 is 23.8 Å². The van der Waals surface area contributed by atoms with Crippen LogP contribution in [0.15, 0.2) is 29.3 Å². The van der Waals surface area contributed by atoms with Crippen LogP contribution in [-0.2, 0) is 9.59 Å². The first-order valence-corrected chi connectivity index (χ1v) is 9.30. The highest BCUT2D eigenvalue weighted by atomic mass is 16.5. The molecule has 1 aliphatic heterocycles. The van der Waals surface area contributed by atoms with Crippen molar-refractivity contribution in [1.82, 2.24) is 5.32 Å². The molecule has 8 nitrogen and oxygen atoms in total. The third kappa shape index (κ3) is 4.00. The van der Waals surface area contributed by atoms with Crippen molar-refractivity contribution >= 4 is 29.7 Å². The second-order valence-corrected chi connectivity index (χ2v) is 6.76. The van der Waals surface area contributed by atoms with E-state index in [0.717, 1.165) is 30.6 Å². The smallest absolute Gasteiger partial charge is 0.335 e. The highest BCUT2D eigenvalue weighted by Gasteiger charge is 2.41.